The monoisotopic (exact) mass is 380 g/mol. The van der Waals surface area contributed by atoms with Gasteiger partial charge in [-0.3, -0.25) is 0 Å². The molecule has 0 aliphatic carbocycles. The highest BCUT2D eigenvalue weighted by Gasteiger charge is 2.10. The summed E-state index contributed by atoms with van der Waals surface area (Å²) in [7, 11) is 0. The van der Waals surface area contributed by atoms with Crippen molar-refractivity contribution in [2.75, 3.05) is 54.6 Å². The highest BCUT2D eigenvalue weighted by atomic mass is 32.2. The minimum absolute atomic E-state index is 0.719. The van der Waals surface area contributed by atoms with Crippen molar-refractivity contribution in [2.24, 2.45) is 4.99 Å². The second-order valence-corrected chi connectivity index (χ2v) is 8.30. The van der Waals surface area contributed by atoms with Crippen LogP contribution in [0, 0.1) is 0 Å². The Hall–Kier alpha value is -1.01. The lowest BCUT2D eigenvalue weighted by Crippen LogP contribution is -2.37. The van der Waals surface area contributed by atoms with Crippen molar-refractivity contribution < 1.29 is 0 Å². The van der Waals surface area contributed by atoms with Crippen LogP contribution in [0.5, 0.6) is 0 Å². The summed E-state index contributed by atoms with van der Waals surface area (Å²) in [5.41, 5.74) is 2.60. The largest absolute Gasteiger partial charge is 0.370 e. The van der Waals surface area contributed by atoms with Crippen molar-refractivity contribution in [2.45, 2.75) is 26.3 Å². The fourth-order valence-corrected chi connectivity index (χ4v) is 4.12. The maximum absolute atomic E-state index is 4.72. The van der Waals surface area contributed by atoms with Crippen molar-refractivity contribution in [1.29, 1.82) is 0 Å². The first-order chi connectivity index (χ1) is 12.3. The van der Waals surface area contributed by atoms with E-state index in [-0.39, 0.29) is 0 Å². The van der Waals surface area contributed by atoms with Gasteiger partial charge in [-0.2, -0.15) is 23.5 Å². The van der Waals surface area contributed by atoms with E-state index < -0.39 is 0 Å². The van der Waals surface area contributed by atoms with Crippen molar-refractivity contribution >= 4 is 35.2 Å². The molecule has 25 heavy (non-hydrogen) atoms. The number of hydrogen-bond donors (Lipinski definition) is 2. The lowest BCUT2D eigenvalue weighted by Gasteiger charge is -2.28. The number of anilines is 1. The molecule has 1 aliphatic rings. The molecular weight excluding hydrogens is 348 g/mol. The Morgan fingerprint density at radius 2 is 1.92 bits per heavy atom. The smallest absolute Gasteiger partial charge is 0.191 e. The maximum atomic E-state index is 4.72. The van der Waals surface area contributed by atoms with Crippen molar-refractivity contribution in [3.63, 3.8) is 0 Å². The van der Waals surface area contributed by atoms with Gasteiger partial charge in [0, 0.05) is 43.4 Å². The summed E-state index contributed by atoms with van der Waals surface area (Å²) in [6.45, 7) is 7.02. The fraction of sp³-hybridized carbons (Fsp3) is 0.632. The van der Waals surface area contributed by atoms with E-state index in [0.717, 1.165) is 38.7 Å². The first-order valence-corrected chi connectivity index (χ1v) is 11.8. The Kier molecular flexibility index (Phi) is 10.0. The summed E-state index contributed by atoms with van der Waals surface area (Å²) in [5.74, 6) is 4.63. The van der Waals surface area contributed by atoms with Crippen LogP contribution in [-0.2, 0) is 6.54 Å². The van der Waals surface area contributed by atoms with Crippen LogP contribution < -0.4 is 15.5 Å². The van der Waals surface area contributed by atoms with Crippen LogP contribution in [0.15, 0.2) is 29.3 Å². The molecular formula is C19H32N4S2. The van der Waals surface area contributed by atoms with Gasteiger partial charge in [-0.05, 0) is 49.5 Å². The average Bonchev–Trinajstić information content (AvgIpc) is 2.67. The average molecular weight is 381 g/mol. The second-order valence-electron chi connectivity index (χ2n) is 6.09. The number of thioether (sulfide) groups is 2. The zero-order valence-corrected chi connectivity index (χ0v) is 17.2. The molecule has 1 fully saturated rings. The van der Waals surface area contributed by atoms with E-state index in [1.807, 2.05) is 23.5 Å². The number of benzene rings is 1. The zero-order chi connectivity index (χ0) is 17.7. The van der Waals surface area contributed by atoms with Gasteiger partial charge in [0.15, 0.2) is 5.96 Å². The molecule has 4 nitrogen and oxygen atoms in total. The van der Waals surface area contributed by atoms with E-state index in [1.165, 1.54) is 41.4 Å². The topological polar surface area (TPSA) is 39.7 Å². The van der Waals surface area contributed by atoms with Crippen LogP contribution in [0.3, 0.4) is 0 Å². The highest BCUT2D eigenvalue weighted by molar-refractivity contribution is 7.99. The van der Waals surface area contributed by atoms with Gasteiger partial charge in [0.25, 0.3) is 0 Å². The number of rotatable bonds is 9. The zero-order valence-electron chi connectivity index (χ0n) is 15.6. The minimum Gasteiger partial charge on any atom is -0.370 e. The summed E-state index contributed by atoms with van der Waals surface area (Å²) in [6.07, 6.45) is 4.60. The van der Waals surface area contributed by atoms with E-state index in [9.17, 15) is 0 Å². The van der Waals surface area contributed by atoms with Gasteiger partial charge >= 0.3 is 0 Å². The van der Waals surface area contributed by atoms with Gasteiger partial charge in [0.1, 0.15) is 0 Å². The third kappa shape index (κ3) is 7.82. The van der Waals surface area contributed by atoms with E-state index in [1.54, 1.807) is 0 Å². The molecule has 0 saturated carbocycles. The molecule has 0 spiro atoms. The third-order valence-electron chi connectivity index (χ3n) is 4.14. The first kappa shape index (κ1) is 20.3. The Balaban J connectivity index is 1.81. The summed E-state index contributed by atoms with van der Waals surface area (Å²) >= 11 is 3.96. The summed E-state index contributed by atoms with van der Waals surface area (Å²) in [4.78, 5) is 7.19. The lowest BCUT2D eigenvalue weighted by atomic mass is 10.2. The predicted molar refractivity (Wildman–Crippen MR) is 116 cm³/mol. The van der Waals surface area contributed by atoms with Gasteiger partial charge in [0.05, 0.1) is 6.54 Å². The van der Waals surface area contributed by atoms with E-state index in [0.29, 0.717) is 0 Å². The van der Waals surface area contributed by atoms with Crippen LogP contribution in [0.2, 0.25) is 0 Å². The standard InChI is InChI=1S/C19H32N4S2/c1-3-20-19(21-10-4-5-13-24-2)22-16-17-6-8-18(9-7-17)23-11-14-25-15-12-23/h6-9H,3-5,10-16H2,1-2H3,(H2,20,21,22). The maximum Gasteiger partial charge on any atom is 0.191 e. The van der Waals surface area contributed by atoms with E-state index in [2.05, 4.69) is 53.0 Å². The molecule has 0 atom stereocenters. The molecule has 2 N–H and O–H groups in total. The number of aliphatic imine (C=N–C) groups is 1. The van der Waals surface area contributed by atoms with Crippen LogP contribution in [-0.4, -0.2) is 55.7 Å². The summed E-state index contributed by atoms with van der Waals surface area (Å²) < 4.78 is 0. The Labute approximate surface area is 161 Å². The molecule has 6 heteroatoms. The molecule has 2 rings (SSSR count). The normalized spacial score (nSPS) is 15.3. The van der Waals surface area contributed by atoms with Crippen LogP contribution in [0.4, 0.5) is 5.69 Å². The Morgan fingerprint density at radius 1 is 1.16 bits per heavy atom. The Bertz CT molecular complexity index is 499. The van der Waals surface area contributed by atoms with Crippen LogP contribution in [0.1, 0.15) is 25.3 Å². The predicted octanol–water partition coefficient (Wildman–Crippen LogP) is 3.44. The molecule has 140 valence electrons. The van der Waals surface area contributed by atoms with Gasteiger partial charge in [-0.25, -0.2) is 4.99 Å². The van der Waals surface area contributed by atoms with Crippen molar-refractivity contribution in [1.82, 2.24) is 10.6 Å². The highest BCUT2D eigenvalue weighted by Crippen LogP contribution is 2.20. The number of hydrogen-bond acceptors (Lipinski definition) is 4. The van der Waals surface area contributed by atoms with Crippen molar-refractivity contribution in [3.05, 3.63) is 29.8 Å². The molecule has 1 aliphatic heterocycles. The number of unbranched alkanes of at least 4 members (excludes halogenated alkanes) is 1. The lowest BCUT2D eigenvalue weighted by molar-refractivity contribution is 0.734. The first-order valence-electron chi connectivity index (χ1n) is 9.26. The molecule has 0 bridgehead atoms. The quantitative estimate of drug-likeness (QED) is 0.390. The minimum atomic E-state index is 0.719. The molecule has 0 unspecified atom stereocenters. The fourth-order valence-electron chi connectivity index (χ4n) is 2.72. The molecule has 1 aromatic carbocycles. The third-order valence-corrected chi connectivity index (χ3v) is 5.78. The molecule has 1 heterocycles. The number of nitrogens with one attached hydrogen (secondary N) is 2. The van der Waals surface area contributed by atoms with Gasteiger partial charge in [-0.1, -0.05) is 12.1 Å². The molecule has 1 saturated heterocycles. The molecule has 1 aromatic rings. The van der Waals surface area contributed by atoms with E-state index in [4.69, 9.17) is 4.99 Å². The molecule has 0 radical (unpaired) electrons. The summed E-state index contributed by atoms with van der Waals surface area (Å²) in [6, 6.07) is 8.90. The molecule has 0 aromatic heterocycles. The van der Waals surface area contributed by atoms with Crippen LogP contribution >= 0.6 is 23.5 Å². The number of guanidine groups is 1. The van der Waals surface area contributed by atoms with Gasteiger partial charge < -0.3 is 15.5 Å². The summed E-state index contributed by atoms with van der Waals surface area (Å²) in [5, 5.41) is 6.76. The van der Waals surface area contributed by atoms with E-state index >= 15 is 0 Å². The molecule has 0 amide bonds. The van der Waals surface area contributed by atoms with Crippen LogP contribution in [0.25, 0.3) is 0 Å². The Morgan fingerprint density at radius 3 is 2.60 bits per heavy atom. The number of nitrogens with zero attached hydrogens (tertiary/aromatic N) is 2. The van der Waals surface area contributed by atoms with Gasteiger partial charge in [-0.15, -0.1) is 0 Å². The second kappa shape index (κ2) is 12.4. The van der Waals surface area contributed by atoms with Gasteiger partial charge in [0.2, 0.25) is 0 Å². The van der Waals surface area contributed by atoms with Crippen molar-refractivity contribution in [3.8, 4) is 0 Å². The SMILES string of the molecule is CCNC(=NCc1ccc(N2CCSCC2)cc1)NCCCCSC.